The third kappa shape index (κ3) is 3.71. The van der Waals surface area contributed by atoms with Gasteiger partial charge in [0.15, 0.2) is 11.0 Å². The summed E-state index contributed by atoms with van der Waals surface area (Å²) in [4.78, 5) is 0. The van der Waals surface area contributed by atoms with Crippen LogP contribution in [-0.4, -0.2) is 21.9 Å². The highest BCUT2D eigenvalue weighted by atomic mass is 32.2. The fraction of sp³-hybridized carbons (Fsp3) is 0.300. The highest BCUT2D eigenvalue weighted by Crippen LogP contribution is 2.29. The minimum Gasteiger partial charge on any atom is -0.497 e. The first-order valence-electron chi connectivity index (χ1n) is 8.23. The highest BCUT2D eigenvalue weighted by Gasteiger charge is 2.13. The molecule has 0 radical (unpaired) electrons. The first kappa shape index (κ1) is 17.5. The normalized spacial score (nSPS) is 10.9. The van der Waals surface area contributed by atoms with Crippen LogP contribution in [0, 0.1) is 20.8 Å². The molecule has 1 aromatic heterocycles. The van der Waals surface area contributed by atoms with Gasteiger partial charge < -0.3 is 9.30 Å². The lowest BCUT2D eigenvalue weighted by molar-refractivity contribution is 0.415. The van der Waals surface area contributed by atoms with Crippen molar-refractivity contribution in [2.45, 2.75) is 31.7 Å². The van der Waals surface area contributed by atoms with Gasteiger partial charge >= 0.3 is 0 Å². The first-order chi connectivity index (χ1) is 12.0. The van der Waals surface area contributed by atoms with E-state index in [1.807, 2.05) is 35.9 Å². The molecule has 0 N–H and O–H groups in total. The second-order valence-corrected chi connectivity index (χ2v) is 7.21. The van der Waals surface area contributed by atoms with Gasteiger partial charge in [0.1, 0.15) is 5.75 Å². The monoisotopic (exact) mass is 353 g/mol. The Kier molecular flexibility index (Phi) is 5.13. The number of hydrogen-bond donors (Lipinski definition) is 0. The number of thioether (sulfide) groups is 1. The summed E-state index contributed by atoms with van der Waals surface area (Å²) in [6.45, 7) is 6.49. The number of rotatable bonds is 5. The number of aryl methyl sites for hydroxylation is 3. The van der Waals surface area contributed by atoms with E-state index >= 15 is 0 Å². The predicted molar refractivity (Wildman–Crippen MR) is 103 cm³/mol. The molecule has 0 saturated carbocycles. The topological polar surface area (TPSA) is 39.9 Å². The largest absolute Gasteiger partial charge is 0.497 e. The van der Waals surface area contributed by atoms with Crippen molar-refractivity contribution in [2.75, 3.05) is 7.11 Å². The molecule has 3 aromatic rings. The highest BCUT2D eigenvalue weighted by molar-refractivity contribution is 7.98. The fourth-order valence-electron chi connectivity index (χ4n) is 3.03. The second kappa shape index (κ2) is 7.31. The zero-order valence-corrected chi connectivity index (χ0v) is 16.1. The van der Waals surface area contributed by atoms with Crippen LogP contribution in [0.2, 0.25) is 0 Å². The molecule has 1 heterocycles. The molecular weight excluding hydrogens is 330 g/mol. The third-order valence-electron chi connectivity index (χ3n) is 4.35. The van der Waals surface area contributed by atoms with Crippen LogP contribution in [-0.2, 0) is 12.8 Å². The van der Waals surface area contributed by atoms with E-state index < -0.39 is 0 Å². The van der Waals surface area contributed by atoms with E-state index in [1.54, 1.807) is 18.9 Å². The lowest BCUT2D eigenvalue weighted by Crippen LogP contribution is -1.97. The Morgan fingerprint density at radius 1 is 1.04 bits per heavy atom. The summed E-state index contributed by atoms with van der Waals surface area (Å²) in [7, 11) is 3.68. The van der Waals surface area contributed by atoms with Gasteiger partial charge in [-0.05, 0) is 49.6 Å². The first-order valence-corrected chi connectivity index (χ1v) is 9.21. The van der Waals surface area contributed by atoms with Crippen LogP contribution in [0.1, 0.15) is 22.3 Å². The maximum Gasteiger partial charge on any atom is 0.191 e. The molecule has 0 saturated heterocycles. The molecular formula is C20H23N3OS. The van der Waals surface area contributed by atoms with Crippen molar-refractivity contribution < 1.29 is 4.74 Å². The van der Waals surface area contributed by atoms with E-state index in [2.05, 4.69) is 43.1 Å². The Labute approximate surface area is 153 Å². The molecule has 0 bridgehead atoms. The SMILES string of the molecule is COc1cccc(-c2nnc(SCc3c(C)cc(C)cc3C)n2C)c1. The van der Waals surface area contributed by atoms with Crippen molar-refractivity contribution in [3.63, 3.8) is 0 Å². The molecule has 0 aliphatic carbocycles. The molecule has 0 aliphatic rings. The van der Waals surface area contributed by atoms with Gasteiger partial charge in [0.2, 0.25) is 0 Å². The van der Waals surface area contributed by atoms with E-state index in [-0.39, 0.29) is 0 Å². The molecule has 130 valence electrons. The van der Waals surface area contributed by atoms with Crippen molar-refractivity contribution in [1.82, 2.24) is 14.8 Å². The fourth-order valence-corrected chi connectivity index (χ4v) is 4.14. The van der Waals surface area contributed by atoms with Crippen molar-refractivity contribution in [2.24, 2.45) is 7.05 Å². The standard InChI is InChI=1S/C20H23N3OS/c1-13-9-14(2)18(15(3)10-13)12-25-20-22-21-19(23(20)4)16-7-6-8-17(11-16)24-5/h6-11H,12H2,1-5H3. The minimum absolute atomic E-state index is 0.820. The molecule has 0 fully saturated rings. The third-order valence-corrected chi connectivity index (χ3v) is 5.40. The van der Waals surface area contributed by atoms with Crippen LogP contribution in [0.15, 0.2) is 41.6 Å². The Hall–Kier alpha value is -2.27. The molecule has 0 spiro atoms. The zero-order chi connectivity index (χ0) is 18.0. The van der Waals surface area contributed by atoms with E-state index in [0.29, 0.717) is 0 Å². The molecule has 5 heteroatoms. The summed E-state index contributed by atoms with van der Waals surface area (Å²) in [6, 6.07) is 12.4. The number of methoxy groups -OCH3 is 1. The average molecular weight is 353 g/mol. The van der Waals surface area contributed by atoms with Crippen LogP contribution >= 0.6 is 11.8 Å². The van der Waals surface area contributed by atoms with E-state index in [4.69, 9.17) is 4.74 Å². The molecule has 0 aliphatic heterocycles. The van der Waals surface area contributed by atoms with Crippen molar-refractivity contribution in [3.05, 3.63) is 58.7 Å². The lowest BCUT2D eigenvalue weighted by atomic mass is 10.0. The van der Waals surface area contributed by atoms with Gasteiger partial charge in [0.25, 0.3) is 0 Å². The summed E-state index contributed by atoms with van der Waals surface area (Å²) < 4.78 is 7.34. The van der Waals surface area contributed by atoms with Gasteiger partial charge in [0, 0.05) is 18.4 Å². The van der Waals surface area contributed by atoms with E-state index in [9.17, 15) is 0 Å². The van der Waals surface area contributed by atoms with Crippen LogP contribution in [0.5, 0.6) is 5.75 Å². The Balaban J connectivity index is 1.82. The van der Waals surface area contributed by atoms with Crippen LogP contribution in [0.25, 0.3) is 11.4 Å². The molecule has 0 unspecified atom stereocenters. The molecule has 25 heavy (non-hydrogen) atoms. The zero-order valence-electron chi connectivity index (χ0n) is 15.3. The number of aromatic nitrogens is 3. The number of nitrogens with zero attached hydrogens (tertiary/aromatic N) is 3. The lowest BCUT2D eigenvalue weighted by Gasteiger charge is -2.11. The maximum absolute atomic E-state index is 5.30. The van der Waals surface area contributed by atoms with Crippen molar-refractivity contribution in [1.29, 1.82) is 0 Å². The van der Waals surface area contributed by atoms with Gasteiger partial charge in [-0.15, -0.1) is 10.2 Å². The number of ether oxygens (including phenoxy) is 1. The Morgan fingerprint density at radius 3 is 2.44 bits per heavy atom. The molecule has 3 rings (SSSR count). The summed E-state index contributed by atoms with van der Waals surface area (Å²) in [5.41, 5.74) is 6.36. The van der Waals surface area contributed by atoms with Gasteiger partial charge in [-0.3, -0.25) is 0 Å². The minimum atomic E-state index is 0.820. The van der Waals surface area contributed by atoms with Gasteiger partial charge in [-0.2, -0.15) is 0 Å². The average Bonchev–Trinajstić information content (AvgIpc) is 2.95. The van der Waals surface area contributed by atoms with Crippen molar-refractivity contribution >= 4 is 11.8 Å². The van der Waals surface area contributed by atoms with Crippen LogP contribution in [0.3, 0.4) is 0 Å². The van der Waals surface area contributed by atoms with Gasteiger partial charge in [-0.1, -0.05) is 41.6 Å². The van der Waals surface area contributed by atoms with Crippen LogP contribution in [0.4, 0.5) is 0 Å². The van der Waals surface area contributed by atoms with Gasteiger partial charge in [-0.25, -0.2) is 0 Å². The predicted octanol–water partition coefficient (Wildman–Crippen LogP) is 4.71. The number of benzene rings is 2. The molecule has 4 nitrogen and oxygen atoms in total. The summed E-state index contributed by atoms with van der Waals surface area (Å²) in [5, 5.41) is 9.66. The molecule has 0 atom stereocenters. The van der Waals surface area contributed by atoms with E-state index in [0.717, 1.165) is 28.0 Å². The van der Waals surface area contributed by atoms with Crippen molar-refractivity contribution in [3.8, 4) is 17.1 Å². The Morgan fingerprint density at radius 2 is 1.76 bits per heavy atom. The van der Waals surface area contributed by atoms with E-state index in [1.165, 1.54) is 22.3 Å². The second-order valence-electron chi connectivity index (χ2n) is 6.26. The summed E-state index contributed by atoms with van der Waals surface area (Å²) in [6.07, 6.45) is 0. The quantitative estimate of drug-likeness (QED) is 0.623. The smallest absolute Gasteiger partial charge is 0.191 e. The summed E-state index contributed by atoms with van der Waals surface area (Å²) >= 11 is 1.72. The number of hydrogen-bond acceptors (Lipinski definition) is 4. The molecule has 2 aromatic carbocycles. The molecule has 0 amide bonds. The van der Waals surface area contributed by atoms with Gasteiger partial charge in [0.05, 0.1) is 7.11 Å². The summed E-state index contributed by atoms with van der Waals surface area (Å²) in [5.74, 6) is 2.56. The Bertz CT molecular complexity index is 879. The van der Waals surface area contributed by atoms with Crippen LogP contribution < -0.4 is 4.74 Å². The maximum atomic E-state index is 5.30.